The smallest absolute Gasteiger partial charge is 0.224 e. The van der Waals surface area contributed by atoms with E-state index in [0.717, 1.165) is 39.0 Å². The van der Waals surface area contributed by atoms with Crippen LogP contribution in [-0.4, -0.2) is 67.7 Å². The van der Waals surface area contributed by atoms with E-state index in [2.05, 4.69) is 11.8 Å². The number of hydrogen-bond acceptors (Lipinski definition) is 4. The lowest BCUT2D eigenvalue weighted by molar-refractivity contribution is -0.134. The summed E-state index contributed by atoms with van der Waals surface area (Å²) in [4.78, 5) is 16.3. The zero-order chi connectivity index (χ0) is 14.1. The van der Waals surface area contributed by atoms with Crippen molar-refractivity contribution in [2.24, 2.45) is 5.73 Å². The molecule has 0 bridgehead atoms. The van der Waals surface area contributed by atoms with Gasteiger partial charge in [-0.2, -0.15) is 0 Å². The van der Waals surface area contributed by atoms with Gasteiger partial charge in [0, 0.05) is 45.4 Å². The second kappa shape index (κ2) is 9.28. The van der Waals surface area contributed by atoms with Crippen molar-refractivity contribution in [1.82, 2.24) is 9.80 Å². The van der Waals surface area contributed by atoms with Crippen LogP contribution in [0, 0.1) is 0 Å². The van der Waals surface area contributed by atoms with Gasteiger partial charge in [-0.25, -0.2) is 0 Å². The maximum absolute atomic E-state index is 11.9. The van der Waals surface area contributed by atoms with E-state index < -0.39 is 0 Å². The molecular formula is C14H29N3O2. The second-order valence-corrected chi connectivity index (χ2v) is 5.04. The highest BCUT2D eigenvalue weighted by molar-refractivity contribution is 5.76. The number of hydrogen-bond donors (Lipinski definition) is 1. The van der Waals surface area contributed by atoms with Crippen molar-refractivity contribution in [2.75, 3.05) is 45.9 Å². The Bertz CT molecular complexity index is 253. The fraction of sp³-hybridized carbons (Fsp3) is 0.929. The van der Waals surface area contributed by atoms with Gasteiger partial charge >= 0.3 is 0 Å². The van der Waals surface area contributed by atoms with Gasteiger partial charge in [0.15, 0.2) is 0 Å². The average Bonchev–Trinajstić information content (AvgIpc) is 2.45. The summed E-state index contributed by atoms with van der Waals surface area (Å²) in [6.07, 6.45) is 2.81. The first-order chi connectivity index (χ1) is 9.22. The van der Waals surface area contributed by atoms with Crippen LogP contribution in [0.1, 0.15) is 33.1 Å². The van der Waals surface area contributed by atoms with E-state index in [1.54, 1.807) is 0 Å². The number of nitrogens with zero attached hydrogens (tertiary/aromatic N) is 2. The van der Waals surface area contributed by atoms with Crippen LogP contribution in [-0.2, 0) is 9.53 Å². The predicted octanol–water partition coefficient (Wildman–Crippen LogP) is 0.685. The van der Waals surface area contributed by atoms with Gasteiger partial charge in [0.25, 0.3) is 0 Å². The molecule has 1 aliphatic rings. The number of carbonyl (C=O) groups is 1. The van der Waals surface area contributed by atoms with Crippen molar-refractivity contribution in [3.05, 3.63) is 0 Å². The molecule has 5 nitrogen and oxygen atoms in total. The van der Waals surface area contributed by atoms with Crippen molar-refractivity contribution in [1.29, 1.82) is 0 Å². The molecular weight excluding hydrogens is 242 g/mol. The van der Waals surface area contributed by atoms with Crippen LogP contribution in [0.15, 0.2) is 0 Å². The Kier molecular flexibility index (Phi) is 8.02. The van der Waals surface area contributed by atoms with E-state index in [0.29, 0.717) is 32.2 Å². The summed E-state index contributed by atoms with van der Waals surface area (Å²) in [6.45, 7) is 9.61. The van der Waals surface area contributed by atoms with Crippen LogP contribution in [0.3, 0.4) is 0 Å². The topological polar surface area (TPSA) is 58.8 Å². The fourth-order valence-corrected chi connectivity index (χ4v) is 2.58. The first kappa shape index (κ1) is 16.4. The minimum Gasteiger partial charge on any atom is -0.381 e. The van der Waals surface area contributed by atoms with Crippen molar-refractivity contribution >= 4 is 5.91 Å². The molecule has 1 rings (SSSR count). The molecule has 0 aromatic rings. The molecule has 1 amide bonds. The van der Waals surface area contributed by atoms with Crippen LogP contribution in [0.5, 0.6) is 0 Å². The molecule has 2 N–H and O–H groups in total. The van der Waals surface area contributed by atoms with E-state index in [9.17, 15) is 4.79 Å². The molecule has 0 aliphatic carbocycles. The number of amides is 1. The summed E-state index contributed by atoms with van der Waals surface area (Å²) >= 11 is 0. The zero-order valence-electron chi connectivity index (χ0n) is 12.4. The molecule has 0 aromatic heterocycles. The monoisotopic (exact) mass is 271 g/mol. The molecule has 0 aromatic carbocycles. The highest BCUT2D eigenvalue weighted by Gasteiger charge is 2.24. The molecule has 1 aliphatic heterocycles. The van der Waals surface area contributed by atoms with E-state index >= 15 is 0 Å². The fourth-order valence-electron chi connectivity index (χ4n) is 2.58. The van der Waals surface area contributed by atoms with E-state index in [4.69, 9.17) is 10.5 Å². The Morgan fingerprint density at radius 1 is 1.26 bits per heavy atom. The van der Waals surface area contributed by atoms with E-state index in [1.807, 2.05) is 11.8 Å². The average molecular weight is 271 g/mol. The van der Waals surface area contributed by atoms with Gasteiger partial charge in [0.1, 0.15) is 0 Å². The summed E-state index contributed by atoms with van der Waals surface area (Å²) in [6, 6.07) is 0.477. The maximum Gasteiger partial charge on any atom is 0.224 e. The number of ether oxygens (including phenoxy) is 1. The van der Waals surface area contributed by atoms with Gasteiger partial charge in [-0.1, -0.05) is 13.3 Å². The summed E-state index contributed by atoms with van der Waals surface area (Å²) in [5.74, 6) is 0.216. The van der Waals surface area contributed by atoms with Gasteiger partial charge in [-0.15, -0.1) is 0 Å². The summed E-state index contributed by atoms with van der Waals surface area (Å²) in [7, 11) is 0. The van der Waals surface area contributed by atoms with Gasteiger partial charge < -0.3 is 15.4 Å². The third-order valence-electron chi connectivity index (χ3n) is 3.74. The third-order valence-corrected chi connectivity index (χ3v) is 3.74. The number of nitrogens with two attached hydrogens (primary N) is 1. The molecule has 1 unspecified atom stereocenters. The van der Waals surface area contributed by atoms with Gasteiger partial charge in [0.2, 0.25) is 5.91 Å². The predicted molar refractivity (Wildman–Crippen MR) is 77.0 cm³/mol. The Balaban J connectivity index is 2.29. The molecule has 1 fully saturated rings. The largest absolute Gasteiger partial charge is 0.381 e. The van der Waals surface area contributed by atoms with Crippen LogP contribution in [0.4, 0.5) is 0 Å². The quantitative estimate of drug-likeness (QED) is 0.660. The summed E-state index contributed by atoms with van der Waals surface area (Å²) in [5.41, 5.74) is 5.83. The van der Waals surface area contributed by atoms with Gasteiger partial charge in [-0.3, -0.25) is 9.69 Å². The Morgan fingerprint density at radius 3 is 2.47 bits per heavy atom. The molecule has 1 heterocycles. The molecule has 0 spiro atoms. The highest BCUT2D eigenvalue weighted by Crippen LogP contribution is 2.11. The molecule has 19 heavy (non-hydrogen) atoms. The maximum atomic E-state index is 11.9. The first-order valence-corrected chi connectivity index (χ1v) is 7.52. The lowest BCUT2D eigenvalue weighted by atomic mass is 10.1. The van der Waals surface area contributed by atoms with Crippen LogP contribution < -0.4 is 5.73 Å². The highest BCUT2D eigenvalue weighted by atomic mass is 16.5. The summed E-state index contributed by atoms with van der Waals surface area (Å²) in [5, 5.41) is 0. The second-order valence-electron chi connectivity index (χ2n) is 5.04. The molecule has 1 atom stereocenters. The zero-order valence-corrected chi connectivity index (χ0v) is 12.4. The van der Waals surface area contributed by atoms with E-state index in [1.165, 1.54) is 0 Å². The SMILES string of the molecule is CCCC(CN)N1CCN(C(=O)CCOCC)CC1. The lowest BCUT2D eigenvalue weighted by Gasteiger charge is -2.39. The van der Waals surface area contributed by atoms with Crippen LogP contribution in [0.25, 0.3) is 0 Å². The molecule has 0 radical (unpaired) electrons. The molecule has 1 saturated heterocycles. The number of piperazine rings is 1. The number of rotatable bonds is 8. The third kappa shape index (κ3) is 5.47. The Morgan fingerprint density at radius 2 is 1.95 bits per heavy atom. The number of carbonyl (C=O) groups excluding carboxylic acids is 1. The lowest BCUT2D eigenvalue weighted by Crippen LogP contribution is -2.53. The van der Waals surface area contributed by atoms with Gasteiger partial charge in [-0.05, 0) is 13.3 Å². The van der Waals surface area contributed by atoms with Crippen molar-refractivity contribution in [3.8, 4) is 0 Å². The minimum absolute atomic E-state index is 0.216. The van der Waals surface area contributed by atoms with Gasteiger partial charge in [0.05, 0.1) is 13.0 Å². The van der Waals surface area contributed by atoms with Crippen molar-refractivity contribution in [3.63, 3.8) is 0 Å². The van der Waals surface area contributed by atoms with E-state index in [-0.39, 0.29) is 5.91 Å². The summed E-state index contributed by atoms with van der Waals surface area (Å²) < 4.78 is 5.23. The minimum atomic E-state index is 0.216. The normalized spacial score (nSPS) is 18.6. The standard InChI is InChI=1S/C14H29N3O2/c1-3-5-13(12-15)16-7-9-17(10-8-16)14(18)6-11-19-4-2/h13H,3-12,15H2,1-2H3. The Hall–Kier alpha value is -0.650. The van der Waals surface area contributed by atoms with Crippen LogP contribution in [0.2, 0.25) is 0 Å². The van der Waals surface area contributed by atoms with Crippen molar-refractivity contribution in [2.45, 2.75) is 39.2 Å². The molecule has 0 saturated carbocycles. The van der Waals surface area contributed by atoms with Crippen molar-refractivity contribution < 1.29 is 9.53 Å². The Labute approximate surface area is 117 Å². The van der Waals surface area contributed by atoms with Crippen LogP contribution >= 0.6 is 0 Å². The first-order valence-electron chi connectivity index (χ1n) is 7.52. The molecule has 5 heteroatoms. The molecule has 112 valence electrons.